The van der Waals surface area contributed by atoms with Gasteiger partial charge in [-0.05, 0) is 41.0 Å². The van der Waals surface area contributed by atoms with Crippen LogP contribution in [0.1, 0.15) is 21.5 Å². The van der Waals surface area contributed by atoms with E-state index in [1.54, 1.807) is 36.4 Å². The molecule has 0 spiro atoms. The van der Waals surface area contributed by atoms with E-state index in [0.717, 1.165) is 11.6 Å². The van der Waals surface area contributed by atoms with Gasteiger partial charge in [-0.1, -0.05) is 54.6 Å². The molecule has 7 heteroatoms. The van der Waals surface area contributed by atoms with Gasteiger partial charge in [0.05, 0.1) is 6.21 Å². The van der Waals surface area contributed by atoms with Gasteiger partial charge >= 0.3 is 0 Å². The predicted molar refractivity (Wildman–Crippen MR) is 112 cm³/mol. The number of rotatable bonds is 6. The van der Waals surface area contributed by atoms with Gasteiger partial charge < -0.3 is 0 Å². The Morgan fingerprint density at radius 2 is 1.73 bits per heavy atom. The summed E-state index contributed by atoms with van der Waals surface area (Å²) in [6, 6.07) is 20.4. The molecule has 0 aliphatic carbocycles. The second kappa shape index (κ2) is 9.90. The third-order valence-corrected chi connectivity index (χ3v) is 4.14. The zero-order valence-electron chi connectivity index (χ0n) is 15.7. The molecule has 0 radical (unpaired) electrons. The van der Waals surface area contributed by atoms with Gasteiger partial charge in [-0.2, -0.15) is 5.10 Å². The van der Waals surface area contributed by atoms with Crippen molar-refractivity contribution < 1.29 is 19.2 Å². The molecule has 0 saturated heterocycles. The highest BCUT2D eigenvalue weighted by atomic mass is 19.1. The minimum atomic E-state index is -0.681. The minimum absolute atomic E-state index is 0.323. The average molecular weight is 403 g/mol. The monoisotopic (exact) mass is 403 g/mol. The van der Waals surface area contributed by atoms with Crippen molar-refractivity contribution in [3.05, 3.63) is 101 Å². The standard InChI is InChI=1S/C23H18FN3O3/c24-21-14-17(9-11-20(21)18-6-2-1-3-7-18)15-25-26-23(29)19-8-4-5-16(13-19)10-12-22(28)27-30/h1-15,30H,(H,26,29)(H,27,28)/b12-10+,25-15+. The number of amides is 2. The van der Waals surface area contributed by atoms with Gasteiger partial charge in [0.2, 0.25) is 0 Å². The number of carbonyl (C=O) groups is 2. The Labute approximate surface area is 172 Å². The molecule has 0 aromatic heterocycles. The number of hydroxylamine groups is 1. The minimum Gasteiger partial charge on any atom is -0.288 e. The highest BCUT2D eigenvalue weighted by Crippen LogP contribution is 2.22. The third-order valence-electron chi connectivity index (χ3n) is 4.14. The Bertz CT molecular complexity index is 1110. The molecule has 3 aromatic rings. The number of halogens is 1. The lowest BCUT2D eigenvalue weighted by atomic mass is 10.0. The van der Waals surface area contributed by atoms with Crippen LogP contribution in [0.3, 0.4) is 0 Å². The molecule has 0 saturated carbocycles. The van der Waals surface area contributed by atoms with Crippen LogP contribution in [-0.4, -0.2) is 23.2 Å². The van der Waals surface area contributed by atoms with Crippen LogP contribution in [0.25, 0.3) is 17.2 Å². The molecule has 3 aromatic carbocycles. The van der Waals surface area contributed by atoms with E-state index in [0.29, 0.717) is 22.3 Å². The molecule has 0 unspecified atom stereocenters. The molecule has 0 aliphatic heterocycles. The van der Waals surface area contributed by atoms with Crippen LogP contribution in [0, 0.1) is 5.82 Å². The van der Waals surface area contributed by atoms with Crippen molar-refractivity contribution >= 4 is 24.1 Å². The molecular formula is C23H18FN3O3. The maximum absolute atomic E-state index is 14.4. The van der Waals surface area contributed by atoms with Crippen LogP contribution in [0.15, 0.2) is 84.0 Å². The lowest BCUT2D eigenvalue weighted by molar-refractivity contribution is -0.124. The Hall–Kier alpha value is -4.10. The highest BCUT2D eigenvalue weighted by Gasteiger charge is 2.06. The average Bonchev–Trinajstić information content (AvgIpc) is 2.78. The van der Waals surface area contributed by atoms with E-state index in [2.05, 4.69) is 10.5 Å². The van der Waals surface area contributed by atoms with Crippen LogP contribution in [0.5, 0.6) is 0 Å². The zero-order valence-corrected chi connectivity index (χ0v) is 15.7. The van der Waals surface area contributed by atoms with Crippen LogP contribution in [0.4, 0.5) is 4.39 Å². The summed E-state index contributed by atoms with van der Waals surface area (Å²) in [7, 11) is 0. The quantitative estimate of drug-likeness (QED) is 0.253. The van der Waals surface area contributed by atoms with E-state index in [1.807, 2.05) is 30.3 Å². The lowest BCUT2D eigenvalue weighted by Crippen LogP contribution is -2.17. The SMILES string of the molecule is O=C(/C=C/c1cccc(C(=O)N/N=C/c2ccc(-c3ccccc3)c(F)c2)c1)NO. The Morgan fingerprint density at radius 1 is 0.933 bits per heavy atom. The smallest absolute Gasteiger partial charge is 0.271 e. The fraction of sp³-hybridized carbons (Fsp3) is 0. The topological polar surface area (TPSA) is 90.8 Å². The maximum atomic E-state index is 14.4. The van der Waals surface area contributed by atoms with Gasteiger partial charge in [-0.3, -0.25) is 14.8 Å². The van der Waals surface area contributed by atoms with Crippen molar-refractivity contribution in [1.29, 1.82) is 0 Å². The van der Waals surface area contributed by atoms with E-state index in [1.165, 1.54) is 23.8 Å². The molecule has 3 rings (SSSR count). The van der Waals surface area contributed by atoms with Crippen molar-refractivity contribution in [3.63, 3.8) is 0 Å². The van der Waals surface area contributed by atoms with E-state index in [-0.39, 0.29) is 5.82 Å². The molecule has 3 N–H and O–H groups in total. The number of hydrogen-bond acceptors (Lipinski definition) is 4. The van der Waals surface area contributed by atoms with Crippen LogP contribution in [0.2, 0.25) is 0 Å². The summed E-state index contributed by atoms with van der Waals surface area (Å²) in [6.07, 6.45) is 3.93. The van der Waals surface area contributed by atoms with E-state index < -0.39 is 11.8 Å². The van der Waals surface area contributed by atoms with Crippen LogP contribution < -0.4 is 10.9 Å². The Balaban J connectivity index is 1.65. The van der Waals surface area contributed by atoms with E-state index in [9.17, 15) is 14.0 Å². The summed E-state index contributed by atoms with van der Waals surface area (Å²) < 4.78 is 14.4. The summed E-state index contributed by atoms with van der Waals surface area (Å²) in [5.74, 6) is -1.53. The van der Waals surface area contributed by atoms with E-state index >= 15 is 0 Å². The predicted octanol–water partition coefficient (Wildman–Crippen LogP) is 3.78. The third kappa shape index (κ3) is 5.46. The Kier molecular flexibility index (Phi) is 6.81. The van der Waals surface area contributed by atoms with Crippen molar-refractivity contribution in [2.45, 2.75) is 0 Å². The van der Waals surface area contributed by atoms with Crippen molar-refractivity contribution in [3.8, 4) is 11.1 Å². The first-order chi connectivity index (χ1) is 14.6. The maximum Gasteiger partial charge on any atom is 0.271 e. The molecule has 0 bridgehead atoms. The molecule has 0 atom stereocenters. The largest absolute Gasteiger partial charge is 0.288 e. The molecular weight excluding hydrogens is 385 g/mol. The molecule has 0 fully saturated rings. The summed E-state index contributed by atoms with van der Waals surface area (Å²) in [6.45, 7) is 0. The summed E-state index contributed by atoms with van der Waals surface area (Å²) in [4.78, 5) is 23.3. The highest BCUT2D eigenvalue weighted by molar-refractivity contribution is 5.96. The molecule has 0 heterocycles. The van der Waals surface area contributed by atoms with Crippen molar-refractivity contribution in [2.75, 3.05) is 0 Å². The van der Waals surface area contributed by atoms with Gasteiger partial charge in [0.15, 0.2) is 0 Å². The van der Waals surface area contributed by atoms with Crippen LogP contribution in [-0.2, 0) is 4.79 Å². The first-order valence-corrected chi connectivity index (χ1v) is 8.97. The fourth-order valence-corrected chi connectivity index (χ4v) is 2.69. The second-order valence-electron chi connectivity index (χ2n) is 6.24. The summed E-state index contributed by atoms with van der Waals surface area (Å²) in [5, 5.41) is 12.4. The second-order valence-corrected chi connectivity index (χ2v) is 6.24. The molecule has 0 aliphatic rings. The molecule has 6 nitrogen and oxygen atoms in total. The zero-order chi connectivity index (χ0) is 21.3. The number of hydrogen-bond donors (Lipinski definition) is 3. The number of nitrogens with zero attached hydrogens (tertiary/aromatic N) is 1. The van der Waals surface area contributed by atoms with Crippen molar-refractivity contribution in [1.82, 2.24) is 10.9 Å². The van der Waals surface area contributed by atoms with Gasteiger partial charge in [0.25, 0.3) is 11.8 Å². The molecule has 30 heavy (non-hydrogen) atoms. The molecule has 150 valence electrons. The summed E-state index contributed by atoms with van der Waals surface area (Å²) in [5.41, 5.74) is 6.54. The van der Waals surface area contributed by atoms with E-state index in [4.69, 9.17) is 5.21 Å². The van der Waals surface area contributed by atoms with Gasteiger partial charge in [-0.15, -0.1) is 0 Å². The lowest BCUT2D eigenvalue weighted by Gasteiger charge is -2.04. The molecule has 2 amide bonds. The van der Waals surface area contributed by atoms with Gasteiger partial charge in [0, 0.05) is 17.2 Å². The normalized spacial score (nSPS) is 11.0. The van der Waals surface area contributed by atoms with Crippen molar-refractivity contribution in [2.24, 2.45) is 5.10 Å². The number of nitrogens with one attached hydrogen (secondary N) is 2. The van der Waals surface area contributed by atoms with Gasteiger partial charge in [-0.25, -0.2) is 15.3 Å². The van der Waals surface area contributed by atoms with Crippen LogP contribution >= 0.6 is 0 Å². The number of carbonyl (C=O) groups excluding carboxylic acids is 2. The first-order valence-electron chi connectivity index (χ1n) is 8.97. The van der Waals surface area contributed by atoms with Gasteiger partial charge in [0.1, 0.15) is 5.82 Å². The number of hydrazone groups is 1. The first kappa shape index (κ1) is 20.6. The number of benzene rings is 3. The Morgan fingerprint density at radius 3 is 2.47 bits per heavy atom. The summed E-state index contributed by atoms with van der Waals surface area (Å²) >= 11 is 0. The fourth-order valence-electron chi connectivity index (χ4n) is 2.69.